The Kier molecular flexibility index (Phi) is 3.16. The zero-order valence-electron chi connectivity index (χ0n) is 11.0. The van der Waals surface area contributed by atoms with Gasteiger partial charge in [0, 0.05) is 23.3 Å². The Morgan fingerprint density at radius 2 is 1.95 bits per heavy atom. The first-order chi connectivity index (χ1) is 10.3. The van der Waals surface area contributed by atoms with Crippen molar-refractivity contribution in [2.75, 3.05) is 0 Å². The summed E-state index contributed by atoms with van der Waals surface area (Å²) in [5.41, 5.74) is 4.00. The van der Waals surface area contributed by atoms with Crippen molar-refractivity contribution in [1.29, 1.82) is 0 Å². The third-order valence-electron chi connectivity index (χ3n) is 3.39. The van der Waals surface area contributed by atoms with Gasteiger partial charge in [0.2, 0.25) is 0 Å². The van der Waals surface area contributed by atoms with E-state index in [9.17, 15) is 0 Å². The molecular weight excluding hydrogens is 304 g/mol. The number of halogens is 1. The number of hydrogen-bond acceptors (Lipinski definition) is 4. The van der Waals surface area contributed by atoms with E-state index in [0.717, 1.165) is 34.0 Å². The van der Waals surface area contributed by atoms with Crippen LogP contribution in [-0.4, -0.2) is 19.7 Å². The third kappa shape index (κ3) is 2.32. The molecule has 0 fully saturated rings. The second-order valence-electron chi connectivity index (χ2n) is 4.77. The quantitative estimate of drug-likeness (QED) is 0.676. The lowest BCUT2D eigenvalue weighted by Gasteiger charge is -2.03. The second-order valence-corrected chi connectivity index (χ2v) is 6.11. The van der Waals surface area contributed by atoms with Crippen LogP contribution in [0.1, 0.15) is 11.3 Å². The van der Waals surface area contributed by atoms with E-state index < -0.39 is 0 Å². The molecule has 0 amide bonds. The molecular formula is C15H11ClN4S. The van der Waals surface area contributed by atoms with Crippen molar-refractivity contribution in [2.24, 2.45) is 0 Å². The maximum absolute atomic E-state index is 6.26. The topological polar surface area (TPSA) is 43.6 Å². The van der Waals surface area contributed by atoms with Gasteiger partial charge in [-0.15, -0.1) is 0 Å². The summed E-state index contributed by atoms with van der Waals surface area (Å²) in [4.78, 5) is 9.03. The molecule has 0 unspecified atom stereocenters. The molecule has 0 radical (unpaired) electrons. The number of fused-ring (bicyclic) bond motifs is 1. The van der Waals surface area contributed by atoms with Crippen molar-refractivity contribution in [2.45, 2.75) is 11.5 Å². The van der Waals surface area contributed by atoms with Gasteiger partial charge in [-0.1, -0.05) is 29.8 Å². The molecule has 4 nitrogen and oxygen atoms in total. The lowest BCUT2D eigenvalue weighted by Crippen LogP contribution is -1.97. The fraction of sp³-hybridized carbons (Fsp3) is 0.133. The van der Waals surface area contributed by atoms with Gasteiger partial charge in [-0.05, 0) is 12.1 Å². The molecule has 0 atom stereocenters. The minimum atomic E-state index is 0.562. The van der Waals surface area contributed by atoms with Gasteiger partial charge >= 0.3 is 0 Å². The molecule has 3 heterocycles. The predicted octanol–water partition coefficient (Wildman–Crippen LogP) is 3.73. The zero-order valence-corrected chi connectivity index (χ0v) is 12.6. The molecule has 1 aromatic carbocycles. The zero-order chi connectivity index (χ0) is 14.2. The normalized spacial score (nSPS) is 13.4. The van der Waals surface area contributed by atoms with Crippen LogP contribution in [0.25, 0.3) is 17.1 Å². The van der Waals surface area contributed by atoms with E-state index in [1.807, 2.05) is 53.0 Å². The summed E-state index contributed by atoms with van der Waals surface area (Å²) in [5, 5.41) is 4.94. The molecule has 0 saturated carbocycles. The lowest BCUT2D eigenvalue weighted by molar-refractivity contribution is 0.880. The van der Waals surface area contributed by atoms with Crippen LogP contribution >= 0.6 is 23.4 Å². The van der Waals surface area contributed by atoms with Crippen LogP contribution in [0.3, 0.4) is 0 Å². The van der Waals surface area contributed by atoms with Crippen molar-refractivity contribution in [1.82, 2.24) is 19.7 Å². The highest BCUT2D eigenvalue weighted by Gasteiger charge is 2.19. The molecule has 3 aromatic rings. The minimum Gasteiger partial charge on any atom is -0.240 e. The van der Waals surface area contributed by atoms with Crippen LogP contribution in [0.5, 0.6) is 0 Å². The Bertz CT molecular complexity index is 801. The van der Waals surface area contributed by atoms with Crippen LogP contribution in [0.4, 0.5) is 0 Å². The number of hydrogen-bond donors (Lipinski definition) is 0. The van der Waals surface area contributed by atoms with E-state index in [-0.39, 0.29) is 0 Å². The molecule has 0 aliphatic carbocycles. The number of benzene rings is 1. The summed E-state index contributed by atoms with van der Waals surface area (Å²) in [6.07, 6.45) is 3.70. The van der Waals surface area contributed by atoms with E-state index in [1.54, 1.807) is 6.20 Å². The van der Waals surface area contributed by atoms with Crippen molar-refractivity contribution in [3.05, 3.63) is 59.1 Å². The molecule has 104 valence electrons. The number of rotatable bonds is 2. The van der Waals surface area contributed by atoms with Gasteiger partial charge in [0.1, 0.15) is 5.15 Å². The SMILES string of the molecule is Clc1nc(-c2cnn(-c3ccccc3)c2)nc2c1CSC2. The van der Waals surface area contributed by atoms with Crippen molar-refractivity contribution >= 4 is 23.4 Å². The summed E-state index contributed by atoms with van der Waals surface area (Å²) in [7, 11) is 0. The van der Waals surface area contributed by atoms with Gasteiger partial charge in [0.15, 0.2) is 5.82 Å². The summed E-state index contributed by atoms with van der Waals surface area (Å²) >= 11 is 8.07. The van der Waals surface area contributed by atoms with Crippen molar-refractivity contribution in [3.63, 3.8) is 0 Å². The number of para-hydroxylation sites is 1. The van der Waals surface area contributed by atoms with E-state index >= 15 is 0 Å². The van der Waals surface area contributed by atoms with Gasteiger partial charge in [-0.3, -0.25) is 0 Å². The average molecular weight is 315 g/mol. The molecule has 1 aliphatic rings. The molecule has 1 aliphatic heterocycles. The van der Waals surface area contributed by atoms with Crippen LogP contribution < -0.4 is 0 Å². The highest BCUT2D eigenvalue weighted by molar-refractivity contribution is 7.98. The first-order valence-corrected chi connectivity index (χ1v) is 8.08. The van der Waals surface area contributed by atoms with Crippen molar-refractivity contribution < 1.29 is 0 Å². The minimum absolute atomic E-state index is 0.562. The van der Waals surface area contributed by atoms with Gasteiger partial charge in [-0.2, -0.15) is 16.9 Å². The van der Waals surface area contributed by atoms with E-state index in [1.165, 1.54) is 0 Å². The first-order valence-electron chi connectivity index (χ1n) is 6.55. The fourth-order valence-electron chi connectivity index (χ4n) is 2.30. The smallest absolute Gasteiger partial charge is 0.164 e. The summed E-state index contributed by atoms with van der Waals surface area (Å²) in [6.45, 7) is 0. The Hall–Kier alpha value is -1.85. The van der Waals surface area contributed by atoms with Crippen LogP contribution in [0.2, 0.25) is 5.15 Å². The summed E-state index contributed by atoms with van der Waals surface area (Å²) < 4.78 is 1.81. The summed E-state index contributed by atoms with van der Waals surface area (Å²) in [5.74, 6) is 2.44. The first kappa shape index (κ1) is 12.9. The molecule has 2 aromatic heterocycles. The lowest BCUT2D eigenvalue weighted by atomic mass is 10.2. The third-order valence-corrected chi connectivity index (χ3v) is 4.67. The van der Waals surface area contributed by atoms with Gasteiger partial charge in [-0.25, -0.2) is 14.6 Å². The molecule has 0 saturated heterocycles. The van der Waals surface area contributed by atoms with Crippen LogP contribution in [0, 0.1) is 0 Å². The van der Waals surface area contributed by atoms with E-state index in [0.29, 0.717) is 11.0 Å². The number of thioether (sulfide) groups is 1. The maximum atomic E-state index is 6.26. The number of aromatic nitrogens is 4. The molecule has 0 bridgehead atoms. The average Bonchev–Trinajstić information content (AvgIpc) is 3.17. The Balaban J connectivity index is 1.75. The molecule has 21 heavy (non-hydrogen) atoms. The van der Waals surface area contributed by atoms with Crippen LogP contribution in [-0.2, 0) is 11.5 Å². The largest absolute Gasteiger partial charge is 0.240 e. The molecule has 6 heteroatoms. The van der Waals surface area contributed by atoms with Gasteiger partial charge < -0.3 is 0 Å². The Labute approximate surface area is 131 Å². The van der Waals surface area contributed by atoms with Crippen molar-refractivity contribution in [3.8, 4) is 17.1 Å². The highest BCUT2D eigenvalue weighted by Crippen LogP contribution is 2.34. The van der Waals surface area contributed by atoms with Gasteiger partial charge in [0.25, 0.3) is 0 Å². The molecule has 4 rings (SSSR count). The fourth-order valence-corrected chi connectivity index (χ4v) is 3.68. The second kappa shape index (κ2) is 5.16. The molecule has 0 N–H and O–H groups in total. The van der Waals surface area contributed by atoms with Gasteiger partial charge in [0.05, 0.1) is 23.1 Å². The highest BCUT2D eigenvalue weighted by atomic mass is 35.5. The maximum Gasteiger partial charge on any atom is 0.164 e. The Morgan fingerprint density at radius 1 is 1.10 bits per heavy atom. The molecule has 0 spiro atoms. The monoisotopic (exact) mass is 314 g/mol. The van der Waals surface area contributed by atoms with E-state index in [2.05, 4.69) is 15.1 Å². The standard InChI is InChI=1S/C15H11ClN4S/c16-14-12-8-21-9-13(12)18-15(19-14)10-6-17-20(7-10)11-4-2-1-3-5-11/h1-7H,8-9H2. The van der Waals surface area contributed by atoms with Crippen LogP contribution in [0.15, 0.2) is 42.7 Å². The number of nitrogens with zero attached hydrogens (tertiary/aromatic N) is 4. The predicted molar refractivity (Wildman–Crippen MR) is 84.6 cm³/mol. The Morgan fingerprint density at radius 3 is 2.81 bits per heavy atom. The summed E-state index contributed by atoms with van der Waals surface area (Å²) in [6, 6.07) is 9.95. The van der Waals surface area contributed by atoms with E-state index in [4.69, 9.17) is 11.6 Å².